The van der Waals surface area contributed by atoms with Crippen molar-refractivity contribution < 1.29 is 19.0 Å². The zero-order valence-electron chi connectivity index (χ0n) is 16.0. The number of thioether (sulfide) groups is 1. The molecular weight excluding hydrogens is 430 g/mol. The molecule has 29 heavy (non-hydrogen) atoms. The SMILES string of the molecule is COc1ccc(OCCCOc2ccc(Cl)cc2C=C2SC(=S)N(C)C2=O)cc1. The molecular formula is C21H20ClNO4S2. The fraction of sp³-hybridized carbons (Fsp3) is 0.238. The summed E-state index contributed by atoms with van der Waals surface area (Å²) in [4.78, 5) is 14.2. The molecule has 0 unspecified atom stereocenters. The Kier molecular flexibility index (Phi) is 7.41. The number of halogens is 1. The van der Waals surface area contributed by atoms with Crippen molar-refractivity contribution in [2.24, 2.45) is 0 Å². The monoisotopic (exact) mass is 449 g/mol. The predicted octanol–water partition coefficient (Wildman–Crippen LogP) is 5.03. The molecule has 5 nitrogen and oxygen atoms in total. The number of methoxy groups -OCH3 is 1. The molecule has 1 heterocycles. The van der Waals surface area contributed by atoms with Crippen molar-refractivity contribution in [3.63, 3.8) is 0 Å². The average Bonchev–Trinajstić information content (AvgIpc) is 2.96. The van der Waals surface area contributed by atoms with E-state index >= 15 is 0 Å². The van der Waals surface area contributed by atoms with E-state index < -0.39 is 0 Å². The van der Waals surface area contributed by atoms with Gasteiger partial charge in [0.2, 0.25) is 0 Å². The molecule has 0 saturated carbocycles. The summed E-state index contributed by atoms with van der Waals surface area (Å²) in [5.41, 5.74) is 0.738. The summed E-state index contributed by atoms with van der Waals surface area (Å²) in [6, 6.07) is 12.8. The van der Waals surface area contributed by atoms with Crippen LogP contribution in [-0.2, 0) is 4.79 Å². The van der Waals surface area contributed by atoms with Crippen LogP contribution >= 0.6 is 35.6 Å². The van der Waals surface area contributed by atoms with E-state index in [4.69, 9.17) is 38.0 Å². The fourth-order valence-electron chi connectivity index (χ4n) is 2.55. The first-order valence-electron chi connectivity index (χ1n) is 8.88. The van der Waals surface area contributed by atoms with Crippen LogP contribution in [-0.4, -0.2) is 42.5 Å². The molecule has 2 aromatic carbocycles. The number of hydrogen-bond donors (Lipinski definition) is 0. The third kappa shape index (κ3) is 5.65. The Morgan fingerprint density at radius 1 is 1.10 bits per heavy atom. The number of likely N-dealkylation sites (N-methyl/N-ethyl adjacent to an activating group) is 1. The molecule has 0 radical (unpaired) electrons. The van der Waals surface area contributed by atoms with Crippen LogP contribution in [0, 0.1) is 0 Å². The molecule has 152 valence electrons. The van der Waals surface area contributed by atoms with E-state index in [-0.39, 0.29) is 5.91 Å². The van der Waals surface area contributed by atoms with Gasteiger partial charge < -0.3 is 14.2 Å². The van der Waals surface area contributed by atoms with Gasteiger partial charge in [0.25, 0.3) is 5.91 Å². The number of rotatable bonds is 8. The minimum absolute atomic E-state index is 0.126. The minimum atomic E-state index is -0.126. The summed E-state index contributed by atoms with van der Waals surface area (Å²) in [7, 11) is 3.29. The molecule has 1 aliphatic rings. The van der Waals surface area contributed by atoms with Gasteiger partial charge in [-0.1, -0.05) is 35.6 Å². The van der Waals surface area contributed by atoms with E-state index in [1.54, 1.807) is 38.4 Å². The van der Waals surface area contributed by atoms with Crippen LogP contribution in [0.2, 0.25) is 5.02 Å². The largest absolute Gasteiger partial charge is 0.497 e. The lowest BCUT2D eigenvalue weighted by atomic mass is 10.2. The lowest BCUT2D eigenvalue weighted by Gasteiger charge is -2.11. The van der Waals surface area contributed by atoms with Crippen molar-refractivity contribution in [2.75, 3.05) is 27.4 Å². The standard InChI is InChI=1S/C21H20ClNO4S2/c1-23-20(24)19(29-21(23)28)13-14-12-15(22)4-9-18(14)27-11-3-10-26-17-7-5-16(25-2)6-8-17/h4-9,12-13H,3,10-11H2,1-2H3. The van der Waals surface area contributed by atoms with Crippen molar-refractivity contribution in [1.82, 2.24) is 4.90 Å². The number of hydrogen-bond acceptors (Lipinski definition) is 6. The third-order valence-corrected chi connectivity index (χ3v) is 5.84. The lowest BCUT2D eigenvalue weighted by Crippen LogP contribution is -2.22. The third-order valence-electron chi connectivity index (χ3n) is 4.12. The number of carbonyl (C=O) groups excluding carboxylic acids is 1. The summed E-state index contributed by atoms with van der Waals surface area (Å²) in [5, 5.41) is 0.568. The van der Waals surface area contributed by atoms with Gasteiger partial charge in [0.05, 0.1) is 25.2 Å². The Balaban J connectivity index is 1.57. The highest BCUT2D eigenvalue weighted by Crippen LogP contribution is 2.34. The van der Waals surface area contributed by atoms with Crippen molar-refractivity contribution in [3.05, 3.63) is 58.0 Å². The molecule has 0 atom stereocenters. The molecule has 0 aromatic heterocycles. The van der Waals surface area contributed by atoms with Crippen LogP contribution < -0.4 is 14.2 Å². The van der Waals surface area contributed by atoms with E-state index in [1.807, 2.05) is 24.3 Å². The molecule has 1 fully saturated rings. The van der Waals surface area contributed by atoms with Gasteiger partial charge in [-0.15, -0.1) is 0 Å². The Morgan fingerprint density at radius 3 is 2.45 bits per heavy atom. The zero-order valence-corrected chi connectivity index (χ0v) is 18.4. The number of benzene rings is 2. The second-order valence-electron chi connectivity index (χ2n) is 6.15. The highest BCUT2D eigenvalue weighted by Gasteiger charge is 2.28. The van der Waals surface area contributed by atoms with Gasteiger partial charge in [-0.3, -0.25) is 9.69 Å². The van der Waals surface area contributed by atoms with Gasteiger partial charge >= 0.3 is 0 Å². The molecule has 8 heteroatoms. The molecule has 0 N–H and O–H groups in total. The Morgan fingerprint density at radius 2 is 1.79 bits per heavy atom. The maximum atomic E-state index is 12.2. The molecule has 0 aliphatic carbocycles. The van der Waals surface area contributed by atoms with Crippen LogP contribution in [0.5, 0.6) is 17.2 Å². The first-order chi connectivity index (χ1) is 14.0. The molecule has 0 bridgehead atoms. The molecule has 1 amide bonds. The van der Waals surface area contributed by atoms with E-state index in [0.717, 1.165) is 17.1 Å². The van der Waals surface area contributed by atoms with E-state index in [1.165, 1.54) is 16.7 Å². The zero-order chi connectivity index (χ0) is 20.8. The topological polar surface area (TPSA) is 48.0 Å². The number of nitrogens with zero attached hydrogens (tertiary/aromatic N) is 1. The number of ether oxygens (including phenoxy) is 3. The second kappa shape index (κ2) is 10.0. The van der Waals surface area contributed by atoms with E-state index in [9.17, 15) is 4.79 Å². The van der Waals surface area contributed by atoms with Gasteiger partial charge in [0, 0.05) is 24.1 Å². The molecule has 1 aliphatic heterocycles. The fourth-order valence-corrected chi connectivity index (χ4v) is 3.90. The van der Waals surface area contributed by atoms with E-state index in [0.29, 0.717) is 39.6 Å². The van der Waals surface area contributed by atoms with Gasteiger partial charge in [-0.25, -0.2) is 0 Å². The Labute approximate surface area is 184 Å². The van der Waals surface area contributed by atoms with E-state index in [2.05, 4.69) is 0 Å². The van der Waals surface area contributed by atoms with Gasteiger partial charge in [0.15, 0.2) is 0 Å². The molecule has 0 spiro atoms. The number of amides is 1. The highest BCUT2D eigenvalue weighted by molar-refractivity contribution is 8.26. The maximum Gasteiger partial charge on any atom is 0.265 e. The summed E-state index contributed by atoms with van der Waals surface area (Å²) in [6.45, 7) is 0.983. The average molecular weight is 450 g/mol. The normalized spacial score (nSPS) is 15.1. The Hall–Kier alpha value is -2.22. The van der Waals surface area contributed by atoms with Gasteiger partial charge in [-0.2, -0.15) is 0 Å². The summed E-state index contributed by atoms with van der Waals surface area (Å²) in [5.74, 6) is 2.09. The molecule has 2 aromatic rings. The van der Waals surface area contributed by atoms with Crippen molar-refractivity contribution in [3.8, 4) is 17.2 Å². The van der Waals surface area contributed by atoms with Crippen LogP contribution in [0.15, 0.2) is 47.4 Å². The van der Waals surface area contributed by atoms with Gasteiger partial charge in [-0.05, 0) is 48.5 Å². The van der Waals surface area contributed by atoms with Crippen LogP contribution in [0.3, 0.4) is 0 Å². The van der Waals surface area contributed by atoms with Crippen LogP contribution in [0.25, 0.3) is 6.08 Å². The van der Waals surface area contributed by atoms with Crippen LogP contribution in [0.4, 0.5) is 0 Å². The summed E-state index contributed by atoms with van der Waals surface area (Å²) < 4.78 is 17.3. The minimum Gasteiger partial charge on any atom is -0.497 e. The first kappa shape index (κ1) is 21.5. The maximum absolute atomic E-state index is 12.2. The lowest BCUT2D eigenvalue weighted by molar-refractivity contribution is -0.121. The molecule has 1 saturated heterocycles. The van der Waals surface area contributed by atoms with Crippen molar-refractivity contribution in [2.45, 2.75) is 6.42 Å². The number of carbonyl (C=O) groups is 1. The Bertz CT molecular complexity index is 931. The smallest absolute Gasteiger partial charge is 0.265 e. The van der Waals surface area contributed by atoms with Crippen molar-refractivity contribution >= 4 is 51.9 Å². The summed E-state index contributed by atoms with van der Waals surface area (Å²) in [6.07, 6.45) is 2.46. The highest BCUT2D eigenvalue weighted by atomic mass is 35.5. The predicted molar refractivity (Wildman–Crippen MR) is 121 cm³/mol. The quantitative estimate of drug-likeness (QED) is 0.320. The molecule has 3 rings (SSSR count). The number of thiocarbonyl (C=S) groups is 1. The summed E-state index contributed by atoms with van der Waals surface area (Å²) >= 11 is 12.6. The first-order valence-corrected chi connectivity index (χ1v) is 10.5. The van der Waals surface area contributed by atoms with Crippen molar-refractivity contribution in [1.29, 1.82) is 0 Å². The van der Waals surface area contributed by atoms with Crippen LogP contribution in [0.1, 0.15) is 12.0 Å². The second-order valence-corrected chi connectivity index (χ2v) is 8.26. The van der Waals surface area contributed by atoms with Gasteiger partial charge in [0.1, 0.15) is 21.6 Å².